The van der Waals surface area contributed by atoms with Crippen LogP contribution in [0.4, 0.5) is 37.7 Å². The molecule has 0 bridgehead atoms. The Balaban J connectivity index is 1.71. The summed E-state index contributed by atoms with van der Waals surface area (Å²) in [5, 5.41) is 5.42. The molecule has 0 amide bonds. The fraction of sp³-hybridized carbons (Fsp3) is 0.333. The Morgan fingerprint density at radius 1 is 0.889 bits per heavy atom. The molecule has 1 aliphatic heterocycles. The minimum atomic E-state index is -4.94. The molecule has 0 fully saturated rings. The molecule has 4 rings (SSSR count). The van der Waals surface area contributed by atoms with E-state index in [2.05, 4.69) is 10.6 Å². The van der Waals surface area contributed by atoms with Crippen LogP contribution >= 0.6 is 0 Å². The summed E-state index contributed by atoms with van der Waals surface area (Å²) in [7, 11) is 0. The van der Waals surface area contributed by atoms with Crippen LogP contribution in [0, 0.1) is 0 Å². The van der Waals surface area contributed by atoms with Gasteiger partial charge in [-0.1, -0.05) is 24.3 Å². The molecule has 1 heterocycles. The van der Waals surface area contributed by atoms with Crippen molar-refractivity contribution in [2.45, 2.75) is 36.9 Å². The number of nitrogens with one attached hydrogen (secondary N) is 2. The Hall–Kier alpha value is -2.42. The second-order valence-electron chi connectivity index (χ2n) is 7.02. The summed E-state index contributed by atoms with van der Waals surface area (Å²) in [6.07, 6.45) is -9.86. The number of hydrogen-bond acceptors (Lipinski definition) is 3. The smallest absolute Gasteiger partial charge is 0.362 e. The van der Waals surface area contributed by atoms with E-state index in [1.807, 2.05) is 24.3 Å². The highest BCUT2D eigenvalue weighted by Gasteiger charge is 2.47. The summed E-state index contributed by atoms with van der Waals surface area (Å²) in [6.45, 7) is 0. The zero-order chi connectivity index (χ0) is 19.6. The molecule has 1 aliphatic carbocycles. The van der Waals surface area contributed by atoms with Crippen LogP contribution in [-0.4, -0.2) is 11.7 Å². The quantitative estimate of drug-likeness (QED) is 0.637. The van der Waals surface area contributed by atoms with Gasteiger partial charge in [0.1, 0.15) is 6.17 Å². The molecule has 0 radical (unpaired) electrons. The highest BCUT2D eigenvalue weighted by molar-refractivity contribution is 5.80. The lowest BCUT2D eigenvalue weighted by Crippen LogP contribution is -2.57. The van der Waals surface area contributed by atoms with Crippen LogP contribution < -0.4 is 16.4 Å². The van der Waals surface area contributed by atoms with E-state index in [1.165, 1.54) is 0 Å². The molecule has 2 aliphatic rings. The van der Waals surface area contributed by atoms with Crippen LogP contribution in [0.25, 0.3) is 0 Å². The number of hydrogen-bond donors (Lipinski definition) is 3. The van der Waals surface area contributed by atoms with Gasteiger partial charge in [-0.2, -0.15) is 26.3 Å². The van der Waals surface area contributed by atoms with Crippen LogP contribution in [0.1, 0.15) is 22.3 Å². The van der Waals surface area contributed by atoms with Gasteiger partial charge in [0.05, 0.1) is 28.0 Å². The third-order valence-electron chi connectivity index (χ3n) is 5.09. The van der Waals surface area contributed by atoms with Crippen LogP contribution in [0.5, 0.6) is 0 Å². The average Bonchev–Trinajstić information content (AvgIpc) is 3.12. The van der Waals surface area contributed by atoms with E-state index in [1.54, 1.807) is 0 Å². The summed E-state index contributed by atoms with van der Waals surface area (Å²) in [5.41, 5.74) is 4.07. The first-order valence-electron chi connectivity index (χ1n) is 8.18. The van der Waals surface area contributed by atoms with Gasteiger partial charge in [0.2, 0.25) is 0 Å². The van der Waals surface area contributed by atoms with Crippen molar-refractivity contribution in [1.82, 2.24) is 0 Å². The van der Waals surface area contributed by atoms with E-state index in [9.17, 15) is 26.3 Å². The number of alkyl halides is 6. The van der Waals surface area contributed by atoms with Gasteiger partial charge < -0.3 is 16.4 Å². The topological polar surface area (TPSA) is 50.1 Å². The van der Waals surface area contributed by atoms with Crippen molar-refractivity contribution in [2.24, 2.45) is 5.73 Å². The van der Waals surface area contributed by atoms with Crippen molar-refractivity contribution in [3.63, 3.8) is 0 Å². The maximum absolute atomic E-state index is 13.4. The molecule has 2 aromatic carbocycles. The molecule has 3 nitrogen and oxygen atoms in total. The number of anilines is 2. The normalized spacial score (nSPS) is 20.6. The fourth-order valence-corrected chi connectivity index (χ4v) is 3.80. The lowest BCUT2D eigenvalue weighted by Gasteiger charge is -2.31. The zero-order valence-corrected chi connectivity index (χ0v) is 13.8. The largest absolute Gasteiger partial charge is 0.418 e. The molecule has 0 saturated carbocycles. The highest BCUT2D eigenvalue weighted by atomic mass is 19.4. The molecule has 1 atom stereocenters. The van der Waals surface area contributed by atoms with Crippen LogP contribution in [0.15, 0.2) is 36.4 Å². The molecular formula is C18H15F6N3. The Labute approximate surface area is 150 Å². The van der Waals surface area contributed by atoms with E-state index in [-0.39, 0.29) is 11.8 Å². The molecule has 4 N–H and O–H groups in total. The predicted octanol–water partition coefficient (Wildman–Crippen LogP) is 4.38. The summed E-state index contributed by atoms with van der Waals surface area (Å²) in [5.74, 6) is 0. The summed E-state index contributed by atoms with van der Waals surface area (Å²) < 4.78 is 79.2. The molecule has 27 heavy (non-hydrogen) atoms. The fourth-order valence-electron chi connectivity index (χ4n) is 3.80. The van der Waals surface area contributed by atoms with E-state index in [4.69, 9.17) is 5.73 Å². The molecule has 0 spiro atoms. The van der Waals surface area contributed by atoms with Crippen molar-refractivity contribution in [1.29, 1.82) is 0 Å². The maximum atomic E-state index is 13.4. The van der Waals surface area contributed by atoms with Gasteiger partial charge in [0.15, 0.2) is 0 Å². The van der Waals surface area contributed by atoms with E-state index in [0.717, 1.165) is 11.1 Å². The van der Waals surface area contributed by atoms with Crippen molar-refractivity contribution < 1.29 is 26.3 Å². The first kappa shape index (κ1) is 18.0. The highest BCUT2D eigenvalue weighted by Crippen LogP contribution is 2.47. The van der Waals surface area contributed by atoms with Crippen LogP contribution in [0.2, 0.25) is 0 Å². The monoisotopic (exact) mass is 387 g/mol. The molecule has 1 unspecified atom stereocenters. The summed E-state index contributed by atoms with van der Waals surface area (Å²) in [6, 6.07) is 8.26. The Bertz CT molecular complexity index is 878. The average molecular weight is 387 g/mol. The minimum absolute atomic E-state index is 0.127. The summed E-state index contributed by atoms with van der Waals surface area (Å²) >= 11 is 0. The number of nitrogens with two attached hydrogens (primary N) is 1. The standard InChI is InChI=1S/C18H15F6N3/c19-17(20,21)11-5-12(18(22,23)24)14-13(6-11)26-15(27-14)16(25)7-9-3-1-2-4-10(9)8-16/h1-6,15,26-27H,7-8,25H2. The first-order chi connectivity index (χ1) is 12.5. The van der Waals surface area contributed by atoms with E-state index in [0.29, 0.717) is 18.9 Å². The van der Waals surface area contributed by atoms with Crippen LogP contribution in [0.3, 0.4) is 0 Å². The third kappa shape index (κ3) is 2.99. The minimum Gasteiger partial charge on any atom is -0.362 e. The molecule has 9 heteroatoms. The second kappa shape index (κ2) is 5.54. The van der Waals surface area contributed by atoms with Crippen LogP contribution in [-0.2, 0) is 25.2 Å². The van der Waals surface area contributed by atoms with Gasteiger partial charge in [-0.15, -0.1) is 0 Å². The number of fused-ring (bicyclic) bond motifs is 2. The molecular weight excluding hydrogens is 372 g/mol. The first-order valence-corrected chi connectivity index (χ1v) is 8.18. The summed E-state index contributed by atoms with van der Waals surface area (Å²) in [4.78, 5) is 0. The Kier molecular flexibility index (Phi) is 3.69. The Morgan fingerprint density at radius 3 is 2.00 bits per heavy atom. The van der Waals surface area contributed by atoms with Gasteiger partial charge >= 0.3 is 12.4 Å². The molecule has 0 aromatic heterocycles. The van der Waals surface area contributed by atoms with Crippen molar-refractivity contribution >= 4 is 11.4 Å². The maximum Gasteiger partial charge on any atom is 0.418 e. The van der Waals surface area contributed by atoms with Gasteiger partial charge in [-0.05, 0) is 36.1 Å². The second-order valence-corrected chi connectivity index (χ2v) is 7.02. The third-order valence-corrected chi connectivity index (χ3v) is 5.09. The molecule has 144 valence electrons. The van der Waals surface area contributed by atoms with Gasteiger partial charge in [-0.25, -0.2) is 0 Å². The van der Waals surface area contributed by atoms with Gasteiger partial charge in [0.25, 0.3) is 0 Å². The van der Waals surface area contributed by atoms with Gasteiger partial charge in [-0.3, -0.25) is 0 Å². The lowest BCUT2D eigenvalue weighted by molar-refractivity contribution is -0.142. The van der Waals surface area contributed by atoms with Crippen molar-refractivity contribution in [3.05, 3.63) is 58.7 Å². The zero-order valence-electron chi connectivity index (χ0n) is 13.8. The van der Waals surface area contributed by atoms with E-state index >= 15 is 0 Å². The van der Waals surface area contributed by atoms with E-state index < -0.39 is 40.9 Å². The lowest BCUT2D eigenvalue weighted by atomic mass is 9.93. The van der Waals surface area contributed by atoms with Crippen molar-refractivity contribution in [3.8, 4) is 0 Å². The number of benzene rings is 2. The predicted molar refractivity (Wildman–Crippen MR) is 88.2 cm³/mol. The Morgan fingerprint density at radius 2 is 1.48 bits per heavy atom. The van der Waals surface area contributed by atoms with Gasteiger partial charge in [0, 0.05) is 0 Å². The number of halogens is 6. The SMILES string of the molecule is NC1(C2Nc3cc(C(F)(F)F)cc(C(F)(F)F)c3N2)Cc2ccccc2C1. The number of rotatable bonds is 1. The molecule has 2 aromatic rings. The van der Waals surface area contributed by atoms with Crippen molar-refractivity contribution in [2.75, 3.05) is 10.6 Å². The molecule has 0 saturated heterocycles.